The lowest BCUT2D eigenvalue weighted by atomic mass is 9.98. The monoisotopic (exact) mass is 465 g/mol. The molecule has 0 heterocycles. The Balaban J connectivity index is 3.40. The van der Waals surface area contributed by atoms with Gasteiger partial charge in [0.1, 0.15) is 23.4 Å². The molecular formula is C24H39N3O6. The van der Waals surface area contributed by atoms with E-state index in [9.17, 15) is 24.6 Å². The van der Waals surface area contributed by atoms with Crippen molar-refractivity contribution in [2.24, 2.45) is 0 Å². The molecule has 1 aromatic rings. The second-order valence-electron chi connectivity index (χ2n) is 10.1. The van der Waals surface area contributed by atoms with Crippen molar-refractivity contribution < 1.29 is 29.3 Å². The fourth-order valence-corrected chi connectivity index (χ4v) is 3.20. The second kappa shape index (κ2) is 11.4. The maximum Gasteiger partial charge on any atom is 0.408 e. The molecule has 3 amide bonds. The first-order valence-electron chi connectivity index (χ1n) is 11.1. The van der Waals surface area contributed by atoms with Gasteiger partial charge in [0.25, 0.3) is 0 Å². The van der Waals surface area contributed by atoms with Crippen LogP contribution in [0.1, 0.15) is 72.1 Å². The third-order valence-electron chi connectivity index (χ3n) is 4.51. The highest BCUT2D eigenvalue weighted by atomic mass is 16.6. The Kier molecular flexibility index (Phi) is 9.71. The van der Waals surface area contributed by atoms with Crippen molar-refractivity contribution >= 4 is 17.9 Å². The Hall–Kier alpha value is -2.81. The topological polar surface area (TPSA) is 128 Å². The number of hydrogen-bond donors (Lipinski definition) is 4. The van der Waals surface area contributed by atoms with Crippen LogP contribution in [0.4, 0.5) is 4.79 Å². The number of rotatable bonds is 8. The van der Waals surface area contributed by atoms with Gasteiger partial charge in [0.2, 0.25) is 11.8 Å². The lowest BCUT2D eigenvalue weighted by molar-refractivity contribution is -0.143. The molecule has 0 aliphatic rings. The predicted molar refractivity (Wildman–Crippen MR) is 126 cm³/mol. The number of benzene rings is 1. The molecule has 9 heteroatoms. The lowest BCUT2D eigenvalue weighted by Crippen LogP contribution is -2.55. The van der Waals surface area contributed by atoms with Crippen LogP contribution in [0.15, 0.2) is 18.2 Å². The number of alkyl carbamates (subject to hydrolysis) is 1. The normalized spacial score (nSPS) is 13.6. The molecule has 0 bridgehead atoms. The number of carbonyl (C=O) groups excluding carboxylic acids is 3. The molecule has 2 atom stereocenters. The number of ether oxygens (including phenoxy) is 1. The van der Waals surface area contributed by atoms with Gasteiger partial charge in [0, 0.05) is 12.1 Å². The van der Waals surface area contributed by atoms with Gasteiger partial charge in [-0.3, -0.25) is 9.59 Å². The van der Waals surface area contributed by atoms with Crippen molar-refractivity contribution in [3.8, 4) is 5.75 Å². The van der Waals surface area contributed by atoms with Gasteiger partial charge in [-0.15, -0.1) is 0 Å². The zero-order valence-corrected chi connectivity index (χ0v) is 21.0. The third kappa shape index (κ3) is 8.92. The predicted octanol–water partition coefficient (Wildman–Crippen LogP) is 2.78. The van der Waals surface area contributed by atoms with Gasteiger partial charge in [-0.1, -0.05) is 13.0 Å². The minimum Gasteiger partial charge on any atom is -0.508 e. The standard InChI is InChI=1S/C24H39N3O6/c1-9-12-27(21(31)17(14-28)25-22(32)33-24(6,7)8)19(20(30)26-23(3,4)5)16-10-11-18(29)15(2)13-16/h10-11,13,17,19,28-29H,9,12,14H2,1-8H3,(H,25,32)(H,26,30). The Morgan fingerprint density at radius 2 is 1.73 bits per heavy atom. The van der Waals surface area contributed by atoms with Crippen LogP contribution < -0.4 is 10.6 Å². The number of nitrogens with zero attached hydrogens (tertiary/aromatic N) is 1. The number of carbonyl (C=O) groups is 3. The number of aromatic hydroxyl groups is 1. The highest BCUT2D eigenvalue weighted by molar-refractivity contribution is 5.92. The first-order valence-corrected chi connectivity index (χ1v) is 11.1. The highest BCUT2D eigenvalue weighted by Crippen LogP contribution is 2.28. The van der Waals surface area contributed by atoms with Crippen LogP contribution in [0, 0.1) is 6.92 Å². The molecule has 9 nitrogen and oxygen atoms in total. The van der Waals surface area contributed by atoms with Gasteiger partial charge < -0.3 is 30.5 Å². The minimum atomic E-state index is -1.30. The van der Waals surface area contributed by atoms with E-state index in [4.69, 9.17) is 4.74 Å². The number of nitrogens with one attached hydrogen (secondary N) is 2. The fraction of sp³-hybridized carbons (Fsp3) is 0.625. The molecule has 0 aliphatic carbocycles. The van der Waals surface area contributed by atoms with E-state index in [2.05, 4.69) is 10.6 Å². The van der Waals surface area contributed by atoms with Crippen molar-refractivity contribution in [1.82, 2.24) is 15.5 Å². The summed E-state index contributed by atoms with van der Waals surface area (Å²) < 4.78 is 5.21. The SMILES string of the molecule is CCCN(C(=O)C(CO)NC(=O)OC(C)(C)C)C(C(=O)NC(C)(C)C)c1ccc(O)c(C)c1. The largest absolute Gasteiger partial charge is 0.508 e. The van der Waals surface area contributed by atoms with Gasteiger partial charge in [0.15, 0.2) is 0 Å². The second-order valence-corrected chi connectivity index (χ2v) is 10.1. The molecule has 0 saturated heterocycles. The number of aryl methyl sites for hydroxylation is 1. The number of phenols is 1. The van der Waals surface area contributed by atoms with Crippen LogP contribution in [0.25, 0.3) is 0 Å². The summed E-state index contributed by atoms with van der Waals surface area (Å²) in [5, 5.41) is 25.1. The number of aliphatic hydroxyl groups excluding tert-OH is 1. The van der Waals surface area contributed by atoms with Gasteiger partial charge >= 0.3 is 6.09 Å². The first kappa shape index (κ1) is 28.2. The molecule has 1 aromatic carbocycles. The van der Waals surface area contributed by atoms with E-state index < -0.39 is 47.7 Å². The molecule has 0 saturated carbocycles. The first-order chi connectivity index (χ1) is 15.1. The van der Waals surface area contributed by atoms with Crippen LogP contribution in [-0.4, -0.2) is 63.4 Å². The quantitative estimate of drug-likeness (QED) is 0.467. The molecular weight excluding hydrogens is 426 g/mol. The highest BCUT2D eigenvalue weighted by Gasteiger charge is 2.36. The molecule has 1 rings (SSSR count). The molecule has 0 radical (unpaired) electrons. The minimum absolute atomic E-state index is 0.0712. The molecule has 4 N–H and O–H groups in total. The van der Waals surface area contributed by atoms with E-state index in [0.717, 1.165) is 0 Å². The van der Waals surface area contributed by atoms with Crippen molar-refractivity contribution in [3.63, 3.8) is 0 Å². The number of hydrogen-bond acceptors (Lipinski definition) is 6. The average molecular weight is 466 g/mol. The maximum atomic E-state index is 13.5. The van der Waals surface area contributed by atoms with Gasteiger partial charge in [0.05, 0.1) is 6.61 Å². The molecule has 0 aliphatic heterocycles. The number of amides is 3. The van der Waals surface area contributed by atoms with E-state index in [-0.39, 0.29) is 12.3 Å². The van der Waals surface area contributed by atoms with Crippen molar-refractivity contribution in [1.29, 1.82) is 0 Å². The zero-order chi connectivity index (χ0) is 25.6. The summed E-state index contributed by atoms with van der Waals surface area (Å²) in [5.41, 5.74) is -0.291. The van der Waals surface area contributed by atoms with Crippen LogP contribution in [-0.2, 0) is 14.3 Å². The molecule has 0 fully saturated rings. The fourth-order valence-electron chi connectivity index (χ4n) is 3.20. The molecule has 186 valence electrons. The molecule has 33 heavy (non-hydrogen) atoms. The van der Waals surface area contributed by atoms with Gasteiger partial charge in [-0.25, -0.2) is 4.79 Å². The van der Waals surface area contributed by atoms with E-state index >= 15 is 0 Å². The van der Waals surface area contributed by atoms with Crippen molar-refractivity contribution in [2.75, 3.05) is 13.2 Å². The van der Waals surface area contributed by atoms with E-state index in [1.165, 1.54) is 11.0 Å². The Morgan fingerprint density at radius 3 is 2.18 bits per heavy atom. The van der Waals surface area contributed by atoms with Crippen LogP contribution in [0.2, 0.25) is 0 Å². The van der Waals surface area contributed by atoms with Crippen LogP contribution >= 0.6 is 0 Å². The summed E-state index contributed by atoms with van der Waals surface area (Å²) in [4.78, 5) is 40.4. The van der Waals surface area contributed by atoms with Gasteiger partial charge in [-0.05, 0) is 78.1 Å². The number of aliphatic hydroxyl groups is 1. The summed E-state index contributed by atoms with van der Waals surface area (Å²) in [6.07, 6.45) is -0.310. The summed E-state index contributed by atoms with van der Waals surface area (Å²) in [7, 11) is 0. The summed E-state index contributed by atoms with van der Waals surface area (Å²) in [5.74, 6) is -0.963. The van der Waals surface area contributed by atoms with Crippen molar-refractivity contribution in [2.45, 2.75) is 85.0 Å². The van der Waals surface area contributed by atoms with Crippen LogP contribution in [0.5, 0.6) is 5.75 Å². The van der Waals surface area contributed by atoms with E-state index in [1.54, 1.807) is 39.8 Å². The summed E-state index contributed by atoms with van der Waals surface area (Å²) >= 11 is 0. The van der Waals surface area contributed by atoms with Gasteiger partial charge in [-0.2, -0.15) is 0 Å². The van der Waals surface area contributed by atoms with Crippen molar-refractivity contribution in [3.05, 3.63) is 29.3 Å². The Labute approximate surface area is 196 Å². The van der Waals surface area contributed by atoms with Crippen LogP contribution in [0.3, 0.4) is 0 Å². The third-order valence-corrected chi connectivity index (χ3v) is 4.51. The lowest BCUT2D eigenvalue weighted by Gasteiger charge is -2.35. The summed E-state index contributed by atoms with van der Waals surface area (Å²) in [6, 6.07) is 2.37. The zero-order valence-electron chi connectivity index (χ0n) is 21.0. The molecule has 2 unspecified atom stereocenters. The Bertz CT molecular complexity index is 842. The Morgan fingerprint density at radius 1 is 1.12 bits per heavy atom. The maximum absolute atomic E-state index is 13.5. The van der Waals surface area contributed by atoms with E-state index in [0.29, 0.717) is 17.5 Å². The molecule has 0 spiro atoms. The smallest absolute Gasteiger partial charge is 0.408 e. The average Bonchev–Trinajstić information content (AvgIpc) is 2.65. The number of phenolic OH excluding ortho intramolecular Hbond substituents is 1. The van der Waals surface area contributed by atoms with E-state index in [1.807, 2.05) is 27.7 Å². The molecule has 0 aromatic heterocycles. The summed E-state index contributed by atoms with van der Waals surface area (Å²) in [6.45, 7) is 13.6.